The first-order chi connectivity index (χ1) is 13.6. The summed E-state index contributed by atoms with van der Waals surface area (Å²) in [7, 11) is 4.41. The van der Waals surface area contributed by atoms with Crippen molar-refractivity contribution in [2.45, 2.75) is 6.54 Å². The monoisotopic (exact) mass is 385 g/mol. The molecule has 2 aromatic carbocycles. The van der Waals surface area contributed by atoms with Crippen molar-refractivity contribution in [3.63, 3.8) is 0 Å². The lowest BCUT2D eigenvalue weighted by atomic mass is 10.1. The number of nitrogens with zero attached hydrogens (tertiary/aromatic N) is 2. The quantitative estimate of drug-likeness (QED) is 0.677. The van der Waals surface area contributed by atoms with Crippen molar-refractivity contribution in [1.29, 1.82) is 0 Å². The molecule has 0 fully saturated rings. The Hall–Kier alpha value is -3.55. The molecule has 0 saturated carbocycles. The molecule has 1 heterocycles. The van der Waals surface area contributed by atoms with Crippen LogP contribution < -0.4 is 19.5 Å². The smallest absolute Gasteiger partial charge is 0.255 e. The van der Waals surface area contributed by atoms with Crippen LogP contribution in [0.2, 0.25) is 0 Å². The number of amides is 1. The standard InChI is InChI=1S/C20H20FN3O4/c1-26-17-7-5-14(18(27-2)19(17)28-3)20(25)23-11-13-4-6-16(15(21)10-13)24-9-8-22-12-24/h4-10,12H,11H2,1-3H3,(H,23,25). The third kappa shape index (κ3) is 3.75. The second-order valence-corrected chi connectivity index (χ2v) is 5.82. The van der Waals surface area contributed by atoms with Crippen molar-refractivity contribution in [2.75, 3.05) is 21.3 Å². The number of hydrogen-bond acceptors (Lipinski definition) is 5. The predicted octanol–water partition coefficient (Wildman–Crippen LogP) is 2.97. The number of aromatic nitrogens is 2. The number of carbonyl (C=O) groups is 1. The van der Waals surface area contributed by atoms with Crippen LogP contribution in [0.3, 0.4) is 0 Å². The first-order valence-corrected chi connectivity index (χ1v) is 8.43. The molecule has 0 unspecified atom stereocenters. The third-order valence-electron chi connectivity index (χ3n) is 4.20. The summed E-state index contributed by atoms with van der Waals surface area (Å²) in [5.41, 5.74) is 1.29. The maximum atomic E-state index is 14.3. The van der Waals surface area contributed by atoms with Gasteiger partial charge in [0.25, 0.3) is 5.91 Å². The summed E-state index contributed by atoms with van der Waals surface area (Å²) in [6.45, 7) is 0.150. The van der Waals surface area contributed by atoms with Crippen molar-refractivity contribution in [3.05, 3.63) is 66.0 Å². The summed E-state index contributed by atoms with van der Waals surface area (Å²) in [6.07, 6.45) is 4.75. The van der Waals surface area contributed by atoms with Crippen LogP contribution in [0.4, 0.5) is 4.39 Å². The van der Waals surface area contributed by atoms with Crippen LogP contribution in [-0.4, -0.2) is 36.8 Å². The molecule has 0 aliphatic carbocycles. The summed E-state index contributed by atoms with van der Waals surface area (Å²) in [5.74, 6) is 0.257. The minimum absolute atomic E-state index is 0.150. The van der Waals surface area contributed by atoms with Crippen molar-refractivity contribution < 1.29 is 23.4 Å². The number of rotatable bonds is 7. The highest BCUT2D eigenvalue weighted by Gasteiger charge is 2.20. The van der Waals surface area contributed by atoms with Crippen molar-refractivity contribution in [3.8, 4) is 22.9 Å². The maximum absolute atomic E-state index is 14.3. The molecule has 0 aliphatic rings. The fourth-order valence-corrected chi connectivity index (χ4v) is 2.83. The maximum Gasteiger partial charge on any atom is 0.255 e. The number of imidazole rings is 1. The number of methoxy groups -OCH3 is 3. The summed E-state index contributed by atoms with van der Waals surface area (Å²) in [4.78, 5) is 16.5. The first-order valence-electron chi connectivity index (χ1n) is 8.43. The first kappa shape index (κ1) is 19.2. The average molecular weight is 385 g/mol. The van der Waals surface area contributed by atoms with Gasteiger partial charge in [-0.05, 0) is 29.8 Å². The van der Waals surface area contributed by atoms with E-state index in [1.807, 2.05) is 0 Å². The molecular formula is C20H20FN3O4. The van der Waals surface area contributed by atoms with Gasteiger partial charge in [-0.3, -0.25) is 4.79 Å². The number of benzene rings is 2. The van der Waals surface area contributed by atoms with E-state index >= 15 is 0 Å². The molecular weight excluding hydrogens is 365 g/mol. The van der Waals surface area contributed by atoms with Crippen LogP contribution in [0.5, 0.6) is 17.2 Å². The van der Waals surface area contributed by atoms with Crippen LogP contribution in [0, 0.1) is 5.82 Å². The lowest BCUT2D eigenvalue weighted by molar-refractivity contribution is 0.0947. The Morgan fingerprint density at radius 3 is 2.50 bits per heavy atom. The zero-order chi connectivity index (χ0) is 20.1. The van der Waals surface area contributed by atoms with Gasteiger partial charge < -0.3 is 24.1 Å². The molecule has 1 amide bonds. The minimum Gasteiger partial charge on any atom is -0.493 e. The Labute approximate surface area is 161 Å². The molecule has 1 N–H and O–H groups in total. The van der Waals surface area contributed by atoms with E-state index in [2.05, 4.69) is 10.3 Å². The Morgan fingerprint density at radius 1 is 1.11 bits per heavy atom. The second-order valence-electron chi connectivity index (χ2n) is 5.82. The lowest BCUT2D eigenvalue weighted by Gasteiger charge is -2.15. The van der Waals surface area contributed by atoms with Gasteiger partial charge in [-0.15, -0.1) is 0 Å². The molecule has 146 valence electrons. The van der Waals surface area contributed by atoms with E-state index < -0.39 is 5.82 Å². The Kier molecular flexibility index (Phi) is 5.78. The molecule has 8 heteroatoms. The highest BCUT2D eigenvalue weighted by molar-refractivity contribution is 5.98. The summed E-state index contributed by atoms with van der Waals surface area (Å²) in [6, 6.07) is 7.95. The van der Waals surface area contributed by atoms with Gasteiger partial charge in [-0.1, -0.05) is 6.07 Å². The number of halogens is 1. The molecule has 28 heavy (non-hydrogen) atoms. The molecule has 3 aromatic rings. The molecule has 0 aliphatic heterocycles. The summed E-state index contributed by atoms with van der Waals surface area (Å²) < 4.78 is 31.8. The van der Waals surface area contributed by atoms with Gasteiger partial charge in [-0.25, -0.2) is 9.37 Å². The normalized spacial score (nSPS) is 10.4. The fourth-order valence-electron chi connectivity index (χ4n) is 2.83. The molecule has 0 bridgehead atoms. The molecule has 0 radical (unpaired) electrons. The minimum atomic E-state index is -0.409. The van der Waals surface area contributed by atoms with Crippen LogP contribution in [0.25, 0.3) is 5.69 Å². The van der Waals surface area contributed by atoms with Crippen LogP contribution in [0.15, 0.2) is 49.1 Å². The molecule has 7 nitrogen and oxygen atoms in total. The van der Waals surface area contributed by atoms with Crippen molar-refractivity contribution >= 4 is 5.91 Å². The Bertz CT molecular complexity index is 974. The molecule has 0 atom stereocenters. The molecule has 0 spiro atoms. The van der Waals surface area contributed by atoms with E-state index in [9.17, 15) is 9.18 Å². The van der Waals surface area contributed by atoms with Crippen LogP contribution in [-0.2, 0) is 6.54 Å². The van der Waals surface area contributed by atoms with E-state index in [-0.39, 0.29) is 23.8 Å². The Balaban J connectivity index is 1.77. The van der Waals surface area contributed by atoms with E-state index in [1.165, 1.54) is 33.7 Å². The summed E-state index contributed by atoms with van der Waals surface area (Å²) in [5, 5.41) is 2.76. The van der Waals surface area contributed by atoms with Gasteiger partial charge in [0.15, 0.2) is 11.5 Å². The van der Waals surface area contributed by atoms with Crippen molar-refractivity contribution in [2.24, 2.45) is 0 Å². The van der Waals surface area contributed by atoms with Gasteiger partial charge in [-0.2, -0.15) is 0 Å². The third-order valence-corrected chi connectivity index (χ3v) is 4.20. The number of nitrogens with one attached hydrogen (secondary N) is 1. The molecule has 0 saturated heterocycles. The molecule has 3 rings (SSSR count). The van der Waals surface area contributed by atoms with Gasteiger partial charge >= 0.3 is 0 Å². The van der Waals surface area contributed by atoms with Gasteiger partial charge in [0.05, 0.1) is 38.9 Å². The highest BCUT2D eigenvalue weighted by Crippen LogP contribution is 2.39. The Morgan fingerprint density at radius 2 is 1.89 bits per heavy atom. The molecule has 1 aromatic heterocycles. The zero-order valence-electron chi connectivity index (χ0n) is 15.7. The lowest BCUT2D eigenvalue weighted by Crippen LogP contribution is -2.23. The fraction of sp³-hybridized carbons (Fsp3) is 0.200. The van der Waals surface area contributed by atoms with Gasteiger partial charge in [0, 0.05) is 18.9 Å². The van der Waals surface area contributed by atoms with Gasteiger partial charge in [0.1, 0.15) is 5.82 Å². The second kappa shape index (κ2) is 8.43. The predicted molar refractivity (Wildman–Crippen MR) is 101 cm³/mol. The largest absolute Gasteiger partial charge is 0.493 e. The SMILES string of the molecule is COc1ccc(C(=O)NCc2ccc(-n3ccnc3)c(F)c2)c(OC)c1OC. The van der Waals surface area contributed by atoms with Crippen LogP contribution in [0.1, 0.15) is 15.9 Å². The average Bonchev–Trinajstić information content (AvgIpc) is 3.25. The van der Waals surface area contributed by atoms with E-state index in [1.54, 1.807) is 41.2 Å². The van der Waals surface area contributed by atoms with E-state index in [4.69, 9.17) is 14.2 Å². The summed E-state index contributed by atoms with van der Waals surface area (Å²) >= 11 is 0. The van der Waals surface area contributed by atoms with Gasteiger partial charge in [0.2, 0.25) is 5.75 Å². The van der Waals surface area contributed by atoms with Crippen LogP contribution >= 0.6 is 0 Å². The topological polar surface area (TPSA) is 74.6 Å². The van der Waals surface area contributed by atoms with E-state index in [0.29, 0.717) is 22.7 Å². The number of hydrogen-bond donors (Lipinski definition) is 1. The highest BCUT2D eigenvalue weighted by atomic mass is 19.1. The zero-order valence-corrected chi connectivity index (χ0v) is 15.7. The van der Waals surface area contributed by atoms with Crippen molar-refractivity contribution in [1.82, 2.24) is 14.9 Å². The number of ether oxygens (including phenoxy) is 3. The number of carbonyl (C=O) groups excluding carboxylic acids is 1. The van der Waals surface area contributed by atoms with E-state index in [0.717, 1.165) is 0 Å².